The summed E-state index contributed by atoms with van der Waals surface area (Å²) in [7, 11) is 1.70. The van der Waals surface area contributed by atoms with Crippen molar-refractivity contribution in [2.75, 3.05) is 13.6 Å². The van der Waals surface area contributed by atoms with E-state index in [4.69, 9.17) is 4.74 Å². The van der Waals surface area contributed by atoms with Gasteiger partial charge in [-0.25, -0.2) is 0 Å². The first-order valence-electron chi connectivity index (χ1n) is 6.27. The first-order valence-corrected chi connectivity index (χ1v) is 7.21. The number of hydrogen-bond donors (Lipinski definition) is 2. The molecular weight excluding hydrogens is 389 g/mol. The molecule has 0 saturated heterocycles. The zero-order valence-corrected chi connectivity index (χ0v) is 15.2. The normalized spacial score (nSPS) is 10.9. The number of carbonyl (C=O) groups is 1. The van der Waals surface area contributed by atoms with Crippen molar-refractivity contribution in [2.45, 2.75) is 32.9 Å². The third-order valence-corrected chi connectivity index (χ3v) is 2.98. The van der Waals surface area contributed by atoms with Crippen molar-refractivity contribution in [3.05, 3.63) is 22.4 Å². The summed E-state index contributed by atoms with van der Waals surface area (Å²) in [6.45, 7) is 4.91. The van der Waals surface area contributed by atoms with Crippen LogP contribution in [0.5, 0.6) is 0 Å². The Morgan fingerprint density at radius 2 is 2.20 bits per heavy atom. The summed E-state index contributed by atoms with van der Waals surface area (Å²) in [6, 6.07) is 2.06. The summed E-state index contributed by atoms with van der Waals surface area (Å²) >= 11 is 1.66. The van der Waals surface area contributed by atoms with Gasteiger partial charge in [0.05, 0.1) is 12.5 Å². The lowest BCUT2D eigenvalue weighted by Crippen LogP contribution is -2.38. The smallest absolute Gasteiger partial charge is 0.307 e. The molecule has 114 valence electrons. The Kier molecular flexibility index (Phi) is 10.4. The lowest BCUT2D eigenvalue weighted by Gasteiger charge is -2.12. The molecule has 0 aliphatic carbocycles. The average molecular weight is 411 g/mol. The van der Waals surface area contributed by atoms with Gasteiger partial charge in [-0.1, -0.05) is 0 Å². The van der Waals surface area contributed by atoms with Gasteiger partial charge in [0, 0.05) is 20.1 Å². The molecular formula is C13H22IN3O2S. The van der Waals surface area contributed by atoms with Crippen LogP contribution in [0.15, 0.2) is 21.8 Å². The number of guanidine groups is 1. The number of rotatable bonds is 6. The number of halogens is 1. The molecule has 1 heterocycles. The van der Waals surface area contributed by atoms with Crippen molar-refractivity contribution in [1.29, 1.82) is 0 Å². The fraction of sp³-hybridized carbons (Fsp3) is 0.538. The van der Waals surface area contributed by atoms with Crippen LogP contribution in [0.3, 0.4) is 0 Å². The molecule has 0 aliphatic rings. The predicted molar refractivity (Wildman–Crippen MR) is 93.8 cm³/mol. The highest BCUT2D eigenvalue weighted by Crippen LogP contribution is 2.04. The Balaban J connectivity index is 0.00000361. The van der Waals surface area contributed by atoms with Gasteiger partial charge in [-0.05, 0) is 36.2 Å². The molecule has 5 nitrogen and oxygen atoms in total. The van der Waals surface area contributed by atoms with Crippen LogP contribution < -0.4 is 10.6 Å². The third kappa shape index (κ3) is 8.36. The van der Waals surface area contributed by atoms with E-state index in [1.807, 2.05) is 19.2 Å². The van der Waals surface area contributed by atoms with E-state index in [0.29, 0.717) is 18.9 Å². The first-order chi connectivity index (χ1) is 9.11. The number of nitrogens with zero attached hydrogens (tertiary/aromatic N) is 1. The van der Waals surface area contributed by atoms with Gasteiger partial charge in [0.15, 0.2) is 5.96 Å². The van der Waals surface area contributed by atoms with Crippen molar-refractivity contribution in [2.24, 2.45) is 4.99 Å². The second kappa shape index (κ2) is 10.9. The number of thiophene rings is 1. The summed E-state index contributed by atoms with van der Waals surface area (Å²) in [5.41, 5.74) is 1.21. The number of ether oxygens (including phenoxy) is 1. The Hall–Kier alpha value is -0.830. The molecule has 1 rings (SSSR count). The number of carbonyl (C=O) groups excluding carboxylic acids is 1. The lowest BCUT2D eigenvalue weighted by atomic mass is 10.3. The first kappa shape index (κ1) is 19.2. The monoisotopic (exact) mass is 411 g/mol. The second-order valence-electron chi connectivity index (χ2n) is 4.27. The fourth-order valence-corrected chi connectivity index (χ4v) is 2.07. The molecule has 0 spiro atoms. The molecule has 0 aliphatic heterocycles. The van der Waals surface area contributed by atoms with E-state index in [2.05, 4.69) is 27.1 Å². The van der Waals surface area contributed by atoms with Crippen molar-refractivity contribution in [1.82, 2.24) is 10.6 Å². The molecule has 0 aromatic carbocycles. The number of esters is 1. The topological polar surface area (TPSA) is 62.7 Å². The minimum atomic E-state index is -0.198. The van der Waals surface area contributed by atoms with Crippen molar-refractivity contribution < 1.29 is 9.53 Å². The molecule has 0 amide bonds. The van der Waals surface area contributed by atoms with E-state index < -0.39 is 0 Å². The number of nitrogens with one attached hydrogen (secondary N) is 2. The zero-order chi connectivity index (χ0) is 14.1. The lowest BCUT2D eigenvalue weighted by molar-refractivity contribution is -0.147. The summed E-state index contributed by atoms with van der Waals surface area (Å²) in [6.07, 6.45) is 0.265. The molecule has 0 bridgehead atoms. The molecule has 2 N–H and O–H groups in total. The molecule has 0 radical (unpaired) electrons. The number of hydrogen-bond acceptors (Lipinski definition) is 4. The van der Waals surface area contributed by atoms with Gasteiger partial charge in [0.2, 0.25) is 0 Å². The largest absolute Gasteiger partial charge is 0.463 e. The van der Waals surface area contributed by atoms with Gasteiger partial charge in [-0.2, -0.15) is 11.3 Å². The van der Waals surface area contributed by atoms with E-state index in [9.17, 15) is 4.79 Å². The van der Waals surface area contributed by atoms with Crippen LogP contribution in [0.4, 0.5) is 0 Å². The highest BCUT2D eigenvalue weighted by molar-refractivity contribution is 14.0. The number of aliphatic imine (C=N–C) groups is 1. The second-order valence-corrected chi connectivity index (χ2v) is 5.05. The van der Waals surface area contributed by atoms with Gasteiger partial charge >= 0.3 is 5.97 Å². The van der Waals surface area contributed by atoms with Crippen LogP contribution >= 0.6 is 35.3 Å². The maximum atomic E-state index is 11.3. The van der Waals surface area contributed by atoms with E-state index in [0.717, 1.165) is 6.54 Å². The van der Waals surface area contributed by atoms with Crippen LogP contribution in [0.1, 0.15) is 25.8 Å². The van der Waals surface area contributed by atoms with Crippen LogP contribution in [0, 0.1) is 0 Å². The quantitative estimate of drug-likeness (QED) is 0.327. The third-order valence-electron chi connectivity index (χ3n) is 2.25. The predicted octanol–water partition coefficient (Wildman–Crippen LogP) is 2.37. The molecule has 1 aromatic heterocycles. The standard InChI is InChI=1S/C13H21N3O2S.HI/c1-10(2)18-12(17)4-6-15-13(14-3)16-8-11-5-7-19-9-11;/h5,7,9-10H,4,6,8H2,1-3H3,(H2,14,15,16);1H. The Labute approximate surface area is 141 Å². The maximum Gasteiger partial charge on any atom is 0.307 e. The van der Waals surface area contributed by atoms with Crippen LogP contribution in [-0.4, -0.2) is 31.6 Å². The highest BCUT2D eigenvalue weighted by Gasteiger charge is 2.05. The SMILES string of the molecule is CN=C(NCCC(=O)OC(C)C)NCc1ccsc1.I. The van der Waals surface area contributed by atoms with E-state index >= 15 is 0 Å². The summed E-state index contributed by atoms with van der Waals surface area (Å²) in [4.78, 5) is 15.4. The van der Waals surface area contributed by atoms with Gasteiger partial charge in [0.25, 0.3) is 0 Å². The average Bonchev–Trinajstić information content (AvgIpc) is 2.85. The van der Waals surface area contributed by atoms with Crippen molar-refractivity contribution >= 4 is 47.2 Å². The zero-order valence-electron chi connectivity index (χ0n) is 12.0. The molecule has 0 saturated carbocycles. The van der Waals surface area contributed by atoms with Crippen LogP contribution in [0.25, 0.3) is 0 Å². The minimum Gasteiger partial charge on any atom is -0.463 e. The van der Waals surface area contributed by atoms with Gasteiger partial charge in [-0.3, -0.25) is 9.79 Å². The highest BCUT2D eigenvalue weighted by atomic mass is 127. The minimum absolute atomic E-state index is 0. The van der Waals surface area contributed by atoms with Gasteiger partial charge < -0.3 is 15.4 Å². The van der Waals surface area contributed by atoms with Crippen molar-refractivity contribution in [3.63, 3.8) is 0 Å². The van der Waals surface area contributed by atoms with E-state index in [1.54, 1.807) is 18.4 Å². The summed E-state index contributed by atoms with van der Waals surface area (Å²) < 4.78 is 5.05. The van der Waals surface area contributed by atoms with Gasteiger partial charge in [-0.15, -0.1) is 24.0 Å². The van der Waals surface area contributed by atoms with E-state index in [1.165, 1.54) is 5.56 Å². The fourth-order valence-electron chi connectivity index (χ4n) is 1.40. The van der Waals surface area contributed by atoms with E-state index in [-0.39, 0.29) is 36.0 Å². The molecule has 0 fully saturated rings. The van der Waals surface area contributed by atoms with Crippen LogP contribution in [0.2, 0.25) is 0 Å². The summed E-state index contributed by atoms with van der Waals surface area (Å²) in [5.74, 6) is 0.485. The molecule has 1 aromatic rings. The van der Waals surface area contributed by atoms with Crippen molar-refractivity contribution in [3.8, 4) is 0 Å². The molecule has 0 unspecified atom stereocenters. The van der Waals surface area contributed by atoms with Gasteiger partial charge in [0.1, 0.15) is 0 Å². The molecule has 7 heteroatoms. The Morgan fingerprint density at radius 3 is 2.75 bits per heavy atom. The maximum absolute atomic E-state index is 11.3. The Bertz CT molecular complexity index is 408. The molecule has 20 heavy (non-hydrogen) atoms. The molecule has 0 atom stereocenters. The Morgan fingerprint density at radius 1 is 1.45 bits per heavy atom. The summed E-state index contributed by atoms with van der Waals surface area (Å²) in [5, 5.41) is 10.4. The van der Waals surface area contributed by atoms with Crippen LogP contribution in [-0.2, 0) is 16.1 Å².